The Morgan fingerprint density at radius 3 is 1.93 bits per heavy atom. The molecule has 0 amide bonds. The monoisotopic (exact) mass is 194 g/mol. The van der Waals surface area contributed by atoms with Gasteiger partial charge in [-0.2, -0.15) is 0 Å². The summed E-state index contributed by atoms with van der Waals surface area (Å²) >= 11 is 0. The summed E-state index contributed by atoms with van der Waals surface area (Å²) in [7, 11) is 0. The zero-order chi connectivity index (χ0) is 11.1. The average Bonchev–Trinajstić information content (AvgIpc) is 2.06. The summed E-state index contributed by atoms with van der Waals surface area (Å²) in [6.45, 7) is 9.77. The summed E-state index contributed by atoms with van der Waals surface area (Å²) in [6, 6.07) is 1.93. The summed E-state index contributed by atoms with van der Waals surface area (Å²) in [5.41, 5.74) is 2.39. The SMILES string of the molecule is Cc1cc(C(C)(C)C)c(O)c(O)c1C. The Balaban J connectivity index is 3.49. The van der Waals surface area contributed by atoms with Crippen molar-refractivity contribution in [3.63, 3.8) is 0 Å². The maximum absolute atomic E-state index is 9.79. The fourth-order valence-electron chi connectivity index (χ4n) is 1.46. The van der Waals surface area contributed by atoms with E-state index in [4.69, 9.17) is 0 Å². The second-order valence-electron chi connectivity index (χ2n) is 4.81. The van der Waals surface area contributed by atoms with Crippen LogP contribution in [0.4, 0.5) is 0 Å². The van der Waals surface area contributed by atoms with E-state index in [1.54, 1.807) is 6.92 Å². The zero-order valence-corrected chi connectivity index (χ0v) is 9.47. The van der Waals surface area contributed by atoms with E-state index in [0.29, 0.717) is 0 Å². The predicted molar refractivity (Wildman–Crippen MR) is 57.9 cm³/mol. The molecule has 78 valence electrons. The second-order valence-corrected chi connectivity index (χ2v) is 4.81. The Bertz CT molecular complexity index is 360. The Kier molecular flexibility index (Phi) is 2.49. The van der Waals surface area contributed by atoms with Gasteiger partial charge in [0.1, 0.15) is 0 Å². The Morgan fingerprint density at radius 1 is 1.00 bits per heavy atom. The molecule has 0 saturated carbocycles. The first kappa shape index (κ1) is 10.9. The van der Waals surface area contributed by atoms with Crippen LogP contribution in [-0.2, 0) is 5.41 Å². The first-order valence-corrected chi connectivity index (χ1v) is 4.77. The molecule has 2 nitrogen and oxygen atoms in total. The lowest BCUT2D eigenvalue weighted by Crippen LogP contribution is -2.12. The third-order valence-corrected chi connectivity index (χ3v) is 2.59. The van der Waals surface area contributed by atoms with E-state index in [1.807, 2.05) is 33.8 Å². The van der Waals surface area contributed by atoms with Gasteiger partial charge in [0.05, 0.1) is 0 Å². The van der Waals surface area contributed by atoms with E-state index < -0.39 is 0 Å². The highest BCUT2D eigenvalue weighted by Gasteiger charge is 2.22. The van der Waals surface area contributed by atoms with Crippen LogP contribution in [0.3, 0.4) is 0 Å². The minimum absolute atomic E-state index is 0.00919. The molecule has 0 radical (unpaired) electrons. The normalized spacial score (nSPS) is 11.8. The molecule has 0 aliphatic heterocycles. The fourth-order valence-corrected chi connectivity index (χ4v) is 1.46. The largest absolute Gasteiger partial charge is 0.504 e. The van der Waals surface area contributed by atoms with Gasteiger partial charge in [0.15, 0.2) is 11.5 Å². The molecule has 0 fully saturated rings. The van der Waals surface area contributed by atoms with E-state index in [9.17, 15) is 10.2 Å². The molecule has 0 bridgehead atoms. The smallest absolute Gasteiger partial charge is 0.161 e. The Hall–Kier alpha value is -1.18. The minimum Gasteiger partial charge on any atom is -0.504 e. The van der Waals surface area contributed by atoms with Crippen LogP contribution in [0.15, 0.2) is 6.07 Å². The van der Waals surface area contributed by atoms with Gasteiger partial charge in [-0.1, -0.05) is 26.8 Å². The summed E-state index contributed by atoms with van der Waals surface area (Å²) in [4.78, 5) is 0. The standard InChI is InChI=1S/C12H18O2/c1-7-6-9(12(3,4)5)11(14)10(13)8(7)2/h6,13-14H,1-5H3. The molecule has 0 heterocycles. The first-order chi connectivity index (χ1) is 6.25. The van der Waals surface area contributed by atoms with E-state index in [0.717, 1.165) is 16.7 Å². The molecule has 0 aliphatic rings. The molecule has 0 atom stereocenters. The number of phenols is 2. The highest BCUT2D eigenvalue weighted by atomic mass is 16.3. The molecule has 1 aromatic rings. The third kappa shape index (κ3) is 1.69. The van der Waals surface area contributed by atoms with Gasteiger partial charge in [-0.25, -0.2) is 0 Å². The number of hydrogen-bond donors (Lipinski definition) is 2. The number of hydrogen-bond acceptors (Lipinski definition) is 2. The van der Waals surface area contributed by atoms with Crippen molar-refractivity contribution in [3.05, 3.63) is 22.8 Å². The van der Waals surface area contributed by atoms with Gasteiger partial charge < -0.3 is 10.2 Å². The maximum Gasteiger partial charge on any atom is 0.161 e. The molecule has 1 aromatic carbocycles. The van der Waals surface area contributed by atoms with Crippen molar-refractivity contribution in [2.75, 3.05) is 0 Å². The van der Waals surface area contributed by atoms with Gasteiger partial charge in [-0.15, -0.1) is 0 Å². The number of rotatable bonds is 0. The van der Waals surface area contributed by atoms with Crippen LogP contribution in [0.1, 0.15) is 37.5 Å². The van der Waals surface area contributed by atoms with Gasteiger partial charge in [0, 0.05) is 5.56 Å². The van der Waals surface area contributed by atoms with E-state index >= 15 is 0 Å². The van der Waals surface area contributed by atoms with Gasteiger partial charge >= 0.3 is 0 Å². The molecule has 2 heteroatoms. The van der Waals surface area contributed by atoms with Gasteiger partial charge in [0.2, 0.25) is 0 Å². The zero-order valence-electron chi connectivity index (χ0n) is 9.47. The van der Waals surface area contributed by atoms with Crippen LogP contribution >= 0.6 is 0 Å². The highest BCUT2D eigenvalue weighted by molar-refractivity contribution is 5.55. The molecule has 0 spiro atoms. The molecule has 14 heavy (non-hydrogen) atoms. The molecule has 1 rings (SSSR count). The van der Waals surface area contributed by atoms with Crippen molar-refractivity contribution in [1.29, 1.82) is 0 Å². The maximum atomic E-state index is 9.79. The molecule has 0 aliphatic carbocycles. The lowest BCUT2D eigenvalue weighted by molar-refractivity contribution is 0.386. The van der Waals surface area contributed by atoms with Crippen molar-refractivity contribution in [1.82, 2.24) is 0 Å². The molecular weight excluding hydrogens is 176 g/mol. The van der Waals surface area contributed by atoms with Crippen LogP contribution in [0.2, 0.25) is 0 Å². The Morgan fingerprint density at radius 2 is 1.50 bits per heavy atom. The second kappa shape index (κ2) is 3.19. The van der Waals surface area contributed by atoms with Crippen LogP contribution in [0.25, 0.3) is 0 Å². The van der Waals surface area contributed by atoms with E-state index in [-0.39, 0.29) is 16.9 Å². The van der Waals surface area contributed by atoms with Crippen molar-refractivity contribution < 1.29 is 10.2 Å². The van der Waals surface area contributed by atoms with Crippen LogP contribution in [0.5, 0.6) is 11.5 Å². The van der Waals surface area contributed by atoms with E-state index in [1.165, 1.54) is 0 Å². The summed E-state index contributed by atoms with van der Waals surface area (Å²) < 4.78 is 0. The van der Waals surface area contributed by atoms with Crippen LogP contribution < -0.4 is 0 Å². The summed E-state index contributed by atoms with van der Waals surface area (Å²) in [6.07, 6.45) is 0. The molecular formula is C12H18O2. The van der Waals surface area contributed by atoms with Gasteiger partial charge in [-0.05, 0) is 30.4 Å². The predicted octanol–water partition coefficient (Wildman–Crippen LogP) is 3.01. The van der Waals surface area contributed by atoms with Crippen molar-refractivity contribution in [2.24, 2.45) is 0 Å². The topological polar surface area (TPSA) is 40.5 Å². The van der Waals surface area contributed by atoms with Gasteiger partial charge in [0.25, 0.3) is 0 Å². The number of benzene rings is 1. The van der Waals surface area contributed by atoms with E-state index in [2.05, 4.69) is 0 Å². The number of phenolic OH excluding ortho intramolecular Hbond substituents is 2. The summed E-state index contributed by atoms with van der Waals surface area (Å²) in [5.74, 6) is 0.0236. The van der Waals surface area contributed by atoms with Crippen LogP contribution in [-0.4, -0.2) is 10.2 Å². The quantitative estimate of drug-likeness (QED) is 0.623. The van der Waals surface area contributed by atoms with Crippen molar-refractivity contribution >= 4 is 0 Å². The molecule has 0 unspecified atom stereocenters. The lowest BCUT2D eigenvalue weighted by atomic mass is 9.84. The van der Waals surface area contributed by atoms with Gasteiger partial charge in [-0.3, -0.25) is 0 Å². The number of aromatic hydroxyl groups is 2. The fraction of sp³-hybridized carbons (Fsp3) is 0.500. The third-order valence-electron chi connectivity index (χ3n) is 2.59. The lowest BCUT2D eigenvalue weighted by Gasteiger charge is -2.22. The molecule has 0 aromatic heterocycles. The first-order valence-electron chi connectivity index (χ1n) is 4.77. The molecule has 0 saturated heterocycles. The minimum atomic E-state index is -0.153. The van der Waals surface area contributed by atoms with Crippen molar-refractivity contribution in [2.45, 2.75) is 40.0 Å². The Labute approximate surface area is 85.2 Å². The van der Waals surface area contributed by atoms with Crippen molar-refractivity contribution in [3.8, 4) is 11.5 Å². The number of aryl methyl sites for hydroxylation is 1. The highest BCUT2D eigenvalue weighted by Crippen LogP contribution is 2.40. The molecule has 2 N–H and O–H groups in total. The average molecular weight is 194 g/mol. The van der Waals surface area contributed by atoms with Crippen LogP contribution in [0, 0.1) is 13.8 Å². The summed E-state index contributed by atoms with van der Waals surface area (Å²) in [5, 5.41) is 19.5.